The highest BCUT2D eigenvalue weighted by Gasteiger charge is 2.44. The standard InChI is InChI=1S/C85H62N2O/c1-84(2)77-31-15-13-25-70(77)74-52-79-75(53-78(74)84)76-50-65(86(61-41-33-56(34-42-61)54-19-7-5-8-20-54)62-45-37-58(38-46-62)66-27-17-29-69-67-24-12-11-23-60(67)49-73(66)69)51-80(82(76)85(79,3)4)87(63-43-35-57(36-44-63)55-21-9-6-10-22-55)64-47-39-59(40-48-64)68-28-18-30-72-71-26-14-16-32-81(71)88-83(68)72/h5-48,50-53H,49H2,1-4H3. The molecule has 0 atom stereocenters. The van der Waals surface area contributed by atoms with Crippen molar-refractivity contribution in [1.29, 1.82) is 0 Å². The molecular formula is C85H62N2O. The zero-order valence-corrected chi connectivity index (χ0v) is 49.7. The highest BCUT2D eigenvalue weighted by molar-refractivity contribution is 6.10. The average molecular weight is 1130 g/mol. The zero-order valence-electron chi connectivity index (χ0n) is 49.7. The monoisotopic (exact) mass is 1130 g/mol. The van der Waals surface area contributed by atoms with Gasteiger partial charge in [-0.05, 0) is 191 Å². The predicted octanol–water partition coefficient (Wildman–Crippen LogP) is 23.4. The van der Waals surface area contributed by atoms with Crippen molar-refractivity contribution in [3.63, 3.8) is 0 Å². The third-order valence-corrected chi connectivity index (χ3v) is 19.5. The fourth-order valence-electron chi connectivity index (χ4n) is 15.1. The second-order valence-electron chi connectivity index (χ2n) is 25.2. The second kappa shape index (κ2) is 19.9. The van der Waals surface area contributed by atoms with Gasteiger partial charge in [0.25, 0.3) is 0 Å². The SMILES string of the molecule is CC1(C)c2ccccc2-c2cc3c(cc21)-c1cc(N(c2ccc(-c4ccccc4)cc2)c2ccc(-c4cccc5c4Cc4ccccc4-5)cc2)cc(N(c2ccc(-c4ccccc4)cc2)c2ccc(-c4cccc5c4oc4ccccc45)cc2)c1C3(C)C. The minimum absolute atomic E-state index is 0.189. The number of hydrogen-bond acceptors (Lipinski definition) is 3. The van der Waals surface area contributed by atoms with Gasteiger partial charge < -0.3 is 14.2 Å². The van der Waals surface area contributed by atoms with Crippen molar-refractivity contribution in [2.75, 3.05) is 9.80 Å². The summed E-state index contributed by atoms with van der Waals surface area (Å²) in [6, 6.07) is 108. The van der Waals surface area contributed by atoms with Gasteiger partial charge in [-0.3, -0.25) is 0 Å². The molecule has 1 aromatic heterocycles. The number of furan rings is 1. The van der Waals surface area contributed by atoms with Crippen LogP contribution in [0.25, 0.3) is 99.8 Å². The maximum atomic E-state index is 6.65. The van der Waals surface area contributed by atoms with E-state index in [1.807, 2.05) is 6.07 Å². The van der Waals surface area contributed by atoms with Gasteiger partial charge in [-0.2, -0.15) is 0 Å². The van der Waals surface area contributed by atoms with Crippen LogP contribution in [0, 0.1) is 0 Å². The molecule has 13 aromatic carbocycles. The number of para-hydroxylation sites is 2. The Hall–Kier alpha value is -10.7. The molecule has 0 bridgehead atoms. The summed E-state index contributed by atoms with van der Waals surface area (Å²) in [6.07, 6.45) is 0.928. The smallest absolute Gasteiger partial charge is 0.143 e. The Morgan fingerprint density at radius 2 is 0.761 bits per heavy atom. The lowest BCUT2D eigenvalue weighted by molar-refractivity contribution is 0.652. The molecule has 0 saturated heterocycles. The molecule has 0 radical (unpaired) electrons. The highest BCUT2D eigenvalue weighted by Crippen LogP contribution is 2.60. The Kier molecular flexibility index (Phi) is 11.7. The van der Waals surface area contributed by atoms with Crippen molar-refractivity contribution in [2.45, 2.75) is 44.9 Å². The highest BCUT2D eigenvalue weighted by atomic mass is 16.3. The molecule has 17 rings (SSSR count). The maximum absolute atomic E-state index is 6.65. The summed E-state index contributed by atoms with van der Waals surface area (Å²) in [6.45, 7) is 9.70. The van der Waals surface area contributed by atoms with Gasteiger partial charge in [0, 0.05) is 55.6 Å². The first kappa shape index (κ1) is 51.7. The van der Waals surface area contributed by atoms with E-state index in [0.29, 0.717) is 0 Å². The molecule has 0 unspecified atom stereocenters. The number of rotatable bonds is 10. The lowest BCUT2D eigenvalue weighted by Gasteiger charge is -2.34. The molecule has 0 aliphatic heterocycles. The van der Waals surface area contributed by atoms with E-state index in [9.17, 15) is 0 Å². The van der Waals surface area contributed by atoms with Gasteiger partial charge in [-0.25, -0.2) is 0 Å². The van der Waals surface area contributed by atoms with Crippen LogP contribution in [0.1, 0.15) is 61.1 Å². The minimum atomic E-state index is -0.423. The molecule has 88 heavy (non-hydrogen) atoms. The lowest BCUT2D eigenvalue weighted by atomic mass is 9.78. The van der Waals surface area contributed by atoms with E-state index in [-0.39, 0.29) is 5.41 Å². The van der Waals surface area contributed by atoms with Gasteiger partial charge in [0.05, 0.1) is 5.69 Å². The van der Waals surface area contributed by atoms with E-state index in [1.165, 1.54) is 100 Å². The normalized spacial score (nSPS) is 13.6. The number of anilines is 6. The van der Waals surface area contributed by atoms with Crippen molar-refractivity contribution in [3.05, 3.63) is 325 Å². The van der Waals surface area contributed by atoms with Crippen molar-refractivity contribution < 1.29 is 4.42 Å². The molecule has 0 spiro atoms. The van der Waals surface area contributed by atoms with Crippen LogP contribution < -0.4 is 9.80 Å². The van der Waals surface area contributed by atoms with Crippen LogP contribution in [-0.2, 0) is 17.3 Å². The Balaban J connectivity index is 0.896. The summed E-state index contributed by atoms with van der Waals surface area (Å²) in [5.41, 5.74) is 33.0. The summed E-state index contributed by atoms with van der Waals surface area (Å²) >= 11 is 0. The van der Waals surface area contributed by atoms with E-state index < -0.39 is 5.41 Å². The molecule has 3 heteroatoms. The fourth-order valence-corrected chi connectivity index (χ4v) is 15.1. The summed E-state index contributed by atoms with van der Waals surface area (Å²) in [5.74, 6) is 0. The summed E-state index contributed by atoms with van der Waals surface area (Å²) in [7, 11) is 0. The van der Waals surface area contributed by atoms with Gasteiger partial charge in [-0.15, -0.1) is 0 Å². The van der Waals surface area contributed by atoms with Crippen molar-refractivity contribution in [2.24, 2.45) is 0 Å². The van der Waals surface area contributed by atoms with Gasteiger partial charge in [-0.1, -0.05) is 240 Å². The molecule has 1 heterocycles. The molecule has 14 aromatic rings. The Morgan fingerprint density at radius 3 is 1.42 bits per heavy atom. The molecule has 418 valence electrons. The molecule has 3 aliphatic carbocycles. The van der Waals surface area contributed by atoms with E-state index >= 15 is 0 Å². The third-order valence-electron chi connectivity index (χ3n) is 19.5. The van der Waals surface area contributed by atoms with Crippen molar-refractivity contribution >= 4 is 56.1 Å². The van der Waals surface area contributed by atoms with Crippen molar-refractivity contribution in [3.8, 4) is 77.9 Å². The summed E-state index contributed by atoms with van der Waals surface area (Å²) in [5, 5.41) is 2.24. The quantitative estimate of drug-likeness (QED) is 0.136. The van der Waals surface area contributed by atoms with Gasteiger partial charge in [0.2, 0.25) is 0 Å². The lowest BCUT2D eigenvalue weighted by Crippen LogP contribution is -2.21. The van der Waals surface area contributed by atoms with E-state index in [1.54, 1.807) is 0 Å². The topological polar surface area (TPSA) is 19.6 Å². The Bertz CT molecular complexity index is 5070. The average Bonchev–Trinajstić information content (AvgIpc) is 1.59. The summed E-state index contributed by atoms with van der Waals surface area (Å²) < 4.78 is 6.65. The molecule has 0 N–H and O–H groups in total. The molecule has 0 saturated carbocycles. The molecule has 3 nitrogen and oxygen atoms in total. The zero-order chi connectivity index (χ0) is 58.8. The number of nitrogens with zero attached hydrogens (tertiary/aromatic N) is 2. The van der Waals surface area contributed by atoms with Crippen LogP contribution in [-0.4, -0.2) is 0 Å². The van der Waals surface area contributed by atoms with Crippen LogP contribution in [0.3, 0.4) is 0 Å². The third kappa shape index (κ3) is 8.11. The van der Waals surface area contributed by atoms with Crippen LogP contribution in [0.2, 0.25) is 0 Å². The van der Waals surface area contributed by atoms with E-state index in [0.717, 1.165) is 73.6 Å². The molecule has 3 aliphatic rings. The first-order valence-corrected chi connectivity index (χ1v) is 30.8. The Labute approximate surface area is 514 Å². The molecule has 0 amide bonds. The van der Waals surface area contributed by atoms with Crippen LogP contribution >= 0.6 is 0 Å². The number of fused-ring (bicyclic) bond motifs is 12. The van der Waals surface area contributed by atoms with E-state index in [2.05, 4.69) is 323 Å². The van der Waals surface area contributed by atoms with Gasteiger partial charge in [0.1, 0.15) is 11.2 Å². The van der Waals surface area contributed by atoms with Crippen molar-refractivity contribution in [1.82, 2.24) is 0 Å². The first-order chi connectivity index (χ1) is 43.1. The number of benzene rings is 13. The minimum Gasteiger partial charge on any atom is -0.455 e. The van der Waals surface area contributed by atoms with Crippen LogP contribution in [0.15, 0.2) is 296 Å². The van der Waals surface area contributed by atoms with E-state index in [4.69, 9.17) is 4.42 Å². The van der Waals surface area contributed by atoms with Crippen LogP contribution in [0.4, 0.5) is 34.1 Å². The fraction of sp³-hybridized carbons (Fsp3) is 0.0824. The predicted molar refractivity (Wildman–Crippen MR) is 368 cm³/mol. The maximum Gasteiger partial charge on any atom is 0.143 e. The van der Waals surface area contributed by atoms with Gasteiger partial charge in [0.15, 0.2) is 0 Å². The van der Waals surface area contributed by atoms with Crippen LogP contribution in [0.5, 0.6) is 0 Å². The second-order valence-corrected chi connectivity index (χ2v) is 25.2. The largest absolute Gasteiger partial charge is 0.455 e. The van der Waals surface area contributed by atoms with Gasteiger partial charge >= 0.3 is 0 Å². The molecular weight excluding hydrogens is 1060 g/mol. The Morgan fingerprint density at radius 1 is 0.295 bits per heavy atom. The molecule has 0 fully saturated rings. The first-order valence-electron chi connectivity index (χ1n) is 30.8. The summed E-state index contributed by atoms with van der Waals surface area (Å²) in [4.78, 5) is 5.01. The number of hydrogen-bond donors (Lipinski definition) is 0.